The molecule has 0 heterocycles. The molecular weight excluding hydrogens is 191 g/mol. The summed E-state index contributed by atoms with van der Waals surface area (Å²) < 4.78 is 12.9. The van der Waals surface area contributed by atoms with Crippen molar-refractivity contribution in [3.8, 4) is 0 Å². The lowest BCUT2D eigenvalue weighted by Gasteiger charge is -2.11. The minimum atomic E-state index is -0.164. The predicted molar refractivity (Wildman–Crippen MR) is 58.2 cm³/mol. The van der Waals surface area contributed by atoms with Gasteiger partial charge in [0.1, 0.15) is 5.82 Å². The zero-order valence-corrected chi connectivity index (χ0v) is 9.04. The molecule has 15 heavy (non-hydrogen) atoms. The molecule has 2 heteroatoms. The molecule has 1 saturated carbocycles. The highest BCUT2D eigenvalue weighted by atomic mass is 19.1. The molecule has 0 aliphatic heterocycles. The number of rotatable bonds is 2. The maximum Gasteiger partial charge on any atom is 0.123 e. The topological polar surface area (TPSA) is 20.2 Å². The number of hydrogen-bond donors (Lipinski definition) is 1. The third kappa shape index (κ3) is 2.57. The van der Waals surface area contributed by atoms with Gasteiger partial charge in [0.2, 0.25) is 0 Å². The van der Waals surface area contributed by atoms with E-state index < -0.39 is 0 Å². The molecule has 0 aromatic heterocycles. The van der Waals surface area contributed by atoms with Crippen LogP contribution in [0.1, 0.15) is 30.4 Å². The highest BCUT2D eigenvalue weighted by molar-refractivity contribution is 5.27. The van der Waals surface area contributed by atoms with Crippen molar-refractivity contribution in [3.63, 3.8) is 0 Å². The van der Waals surface area contributed by atoms with E-state index in [0.717, 1.165) is 31.2 Å². The Morgan fingerprint density at radius 3 is 2.80 bits per heavy atom. The van der Waals surface area contributed by atoms with Crippen LogP contribution in [-0.4, -0.2) is 11.2 Å². The summed E-state index contributed by atoms with van der Waals surface area (Å²) in [6, 6.07) is 4.98. The Morgan fingerprint density at radius 2 is 2.20 bits per heavy atom. The molecule has 0 spiro atoms. The summed E-state index contributed by atoms with van der Waals surface area (Å²) in [6.45, 7) is 1.95. The first kappa shape index (κ1) is 10.6. The third-order valence-corrected chi connectivity index (χ3v) is 3.33. The molecule has 82 valence electrons. The number of aryl methyl sites for hydroxylation is 1. The zero-order chi connectivity index (χ0) is 10.8. The fraction of sp³-hybridized carbons (Fsp3) is 0.538. The van der Waals surface area contributed by atoms with Crippen molar-refractivity contribution < 1.29 is 9.50 Å². The fourth-order valence-corrected chi connectivity index (χ4v) is 2.43. The number of halogens is 1. The summed E-state index contributed by atoms with van der Waals surface area (Å²) in [6.07, 6.45) is 3.78. The SMILES string of the molecule is Cc1cc(F)ccc1CC1CCC(O)C1. The van der Waals surface area contributed by atoms with Crippen LogP contribution >= 0.6 is 0 Å². The summed E-state index contributed by atoms with van der Waals surface area (Å²) >= 11 is 0. The zero-order valence-electron chi connectivity index (χ0n) is 9.04. The second-order valence-corrected chi connectivity index (χ2v) is 4.61. The van der Waals surface area contributed by atoms with E-state index in [0.29, 0.717) is 5.92 Å². The Balaban J connectivity index is 2.04. The smallest absolute Gasteiger partial charge is 0.123 e. The van der Waals surface area contributed by atoms with Gasteiger partial charge in [0.05, 0.1) is 6.10 Å². The average molecular weight is 208 g/mol. The van der Waals surface area contributed by atoms with E-state index in [1.54, 1.807) is 6.07 Å². The van der Waals surface area contributed by atoms with Crippen LogP contribution in [0.25, 0.3) is 0 Å². The summed E-state index contributed by atoms with van der Waals surface area (Å²) in [5.41, 5.74) is 2.24. The maximum absolute atomic E-state index is 12.9. The molecule has 0 amide bonds. The third-order valence-electron chi connectivity index (χ3n) is 3.33. The molecule has 0 bridgehead atoms. The monoisotopic (exact) mass is 208 g/mol. The van der Waals surface area contributed by atoms with E-state index in [-0.39, 0.29) is 11.9 Å². The van der Waals surface area contributed by atoms with Crippen LogP contribution in [-0.2, 0) is 6.42 Å². The first-order valence-electron chi connectivity index (χ1n) is 5.58. The van der Waals surface area contributed by atoms with E-state index in [4.69, 9.17) is 0 Å². The van der Waals surface area contributed by atoms with E-state index in [2.05, 4.69) is 0 Å². The summed E-state index contributed by atoms with van der Waals surface area (Å²) in [5, 5.41) is 9.43. The Labute approximate surface area is 89.9 Å². The van der Waals surface area contributed by atoms with Gasteiger partial charge in [-0.05, 0) is 61.8 Å². The molecule has 0 saturated heterocycles. The molecule has 1 aliphatic carbocycles. The second kappa shape index (κ2) is 4.31. The summed E-state index contributed by atoms with van der Waals surface area (Å²) in [4.78, 5) is 0. The molecule has 2 rings (SSSR count). The lowest BCUT2D eigenvalue weighted by molar-refractivity contribution is 0.177. The van der Waals surface area contributed by atoms with Gasteiger partial charge in [0.25, 0.3) is 0 Å². The van der Waals surface area contributed by atoms with Crippen LogP contribution in [0.15, 0.2) is 18.2 Å². The second-order valence-electron chi connectivity index (χ2n) is 4.61. The Bertz CT molecular complexity index is 348. The van der Waals surface area contributed by atoms with Gasteiger partial charge >= 0.3 is 0 Å². The van der Waals surface area contributed by atoms with Crippen molar-refractivity contribution in [2.45, 2.75) is 38.7 Å². The number of benzene rings is 1. The van der Waals surface area contributed by atoms with Crippen LogP contribution in [0.5, 0.6) is 0 Å². The van der Waals surface area contributed by atoms with Crippen molar-refractivity contribution in [1.82, 2.24) is 0 Å². The molecule has 2 unspecified atom stereocenters. The van der Waals surface area contributed by atoms with Crippen LogP contribution in [0.3, 0.4) is 0 Å². The first-order valence-corrected chi connectivity index (χ1v) is 5.58. The lowest BCUT2D eigenvalue weighted by Crippen LogP contribution is -2.04. The van der Waals surface area contributed by atoms with Gasteiger partial charge in [0.15, 0.2) is 0 Å². The van der Waals surface area contributed by atoms with Gasteiger partial charge in [-0.3, -0.25) is 0 Å². The van der Waals surface area contributed by atoms with Gasteiger partial charge in [-0.2, -0.15) is 0 Å². The first-order chi connectivity index (χ1) is 7.15. The number of hydrogen-bond acceptors (Lipinski definition) is 1. The van der Waals surface area contributed by atoms with Gasteiger partial charge in [-0.1, -0.05) is 6.07 Å². The van der Waals surface area contributed by atoms with Crippen molar-refractivity contribution in [3.05, 3.63) is 35.1 Å². The Morgan fingerprint density at radius 1 is 1.40 bits per heavy atom. The van der Waals surface area contributed by atoms with Crippen LogP contribution in [0.4, 0.5) is 4.39 Å². The van der Waals surface area contributed by atoms with E-state index in [9.17, 15) is 9.50 Å². The average Bonchev–Trinajstić information content (AvgIpc) is 2.56. The Hall–Kier alpha value is -0.890. The molecule has 1 nitrogen and oxygen atoms in total. The van der Waals surface area contributed by atoms with Crippen molar-refractivity contribution in [1.29, 1.82) is 0 Å². The van der Waals surface area contributed by atoms with Crippen molar-refractivity contribution in [2.24, 2.45) is 5.92 Å². The fourth-order valence-electron chi connectivity index (χ4n) is 2.43. The van der Waals surface area contributed by atoms with Crippen LogP contribution in [0.2, 0.25) is 0 Å². The highest BCUT2D eigenvalue weighted by Crippen LogP contribution is 2.29. The molecule has 1 aliphatic rings. The number of aliphatic hydroxyl groups is 1. The largest absolute Gasteiger partial charge is 0.393 e. The summed E-state index contributed by atoms with van der Waals surface area (Å²) in [7, 11) is 0. The lowest BCUT2D eigenvalue weighted by atomic mass is 9.95. The van der Waals surface area contributed by atoms with E-state index in [1.807, 2.05) is 13.0 Å². The summed E-state index contributed by atoms with van der Waals surface area (Å²) in [5.74, 6) is 0.409. The molecule has 1 aromatic rings. The van der Waals surface area contributed by atoms with Crippen molar-refractivity contribution in [2.75, 3.05) is 0 Å². The maximum atomic E-state index is 12.9. The van der Waals surface area contributed by atoms with E-state index in [1.165, 1.54) is 11.6 Å². The van der Waals surface area contributed by atoms with Gasteiger partial charge in [-0.25, -0.2) is 4.39 Å². The molecule has 2 atom stereocenters. The van der Waals surface area contributed by atoms with Gasteiger partial charge in [0, 0.05) is 0 Å². The predicted octanol–water partition coefficient (Wildman–Crippen LogP) is 2.84. The molecule has 1 aromatic carbocycles. The molecule has 0 radical (unpaired) electrons. The van der Waals surface area contributed by atoms with Crippen molar-refractivity contribution >= 4 is 0 Å². The highest BCUT2D eigenvalue weighted by Gasteiger charge is 2.23. The molecule has 1 N–H and O–H groups in total. The molecular formula is C13H17FO. The number of aliphatic hydroxyl groups excluding tert-OH is 1. The minimum Gasteiger partial charge on any atom is -0.393 e. The quantitative estimate of drug-likeness (QED) is 0.792. The van der Waals surface area contributed by atoms with Crippen LogP contribution in [0, 0.1) is 18.7 Å². The molecule has 1 fully saturated rings. The normalized spacial score (nSPS) is 25.8. The van der Waals surface area contributed by atoms with Gasteiger partial charge < -0.3 is 5.11 Å². The Kier molecular flexibility index (Phi) is 3.06. The minimum absolute atomic E-state index is 0.115. The van der Waals surface area contributed by atoms with E-state index >= 15 is 0 Å². The van der Waals surface area contributed by atoms with Gasteiger partial charge in [-0.15, -0.1) is 0 Å². The van der Waals surface area contributed by atoms with Crippen LogP contribution < -0.4 is 0 Å². The standard InChI is InChI=1S/C13H17FO/c1-9-6-12(14)4-3-11(9)7-10-2-5-13(15)8-10/h3-4,6,10,13,15H,2,5,7-8H2,1H3.